The van der Waals surface area contributed by atoms with Crippen LogP contribution in [-0.2, 0) is 13.0 Å². The monoisotopic (exact) mass is 434 g/mol. The fraction of sp³-hybridized carbons (Fsp3) is 0.519. The molecule has 0 unspecified atom stereocenters. The molecule has 1 saturated heterocycles. The van der Waals surface area contributed by atoms with Gasteiger partial charge in [0.1, 0.15) is 5.75 Å². The maximum absolute atomic E-state index is 5.26. The Morgan fingerprint density at radius 3 is 2.50 bits per heavy atom. The van der Waals surface area contributed by atoms with Crippen molar-refractivity contribution in [2.75, 3.05) is 32.1 Å². The van der Waals surface area contributed by atoms with Crippen LogP contribution in [0.25, 0.3) is 11.0 Å². The Kier molecular flexibility index (Phi) is 8.05. The molecule has 0 amide bonds. The van der Waals surface area contributed by atoms with Gasteiger partial charge in [-0.3, -0.25) is 0 Å². The van der Waals surface area contributed by atoms with Gasteiger partial charge in [0, 0.05) is 32.2 Å². The van der Waals surface area contributed by atoms with E-state index in [0.717, 1.165) is 49.8 Å². The van der Waals surface area contributed by atoms with Crippen LogP contribution < -0.4 is 10.1 Å². The van der Waals surface area contributed by atoms with E-state index in [4.69, 9.17) is 9.72 Å². The molecule has 0 bridgehead atoms. The van der Waals surface area contributed by atoms with Gasteiger partial charge in [-0.1, -0.05) is 50.5 Å². The van der Waals surface area contributed by atoms with Crippen LogP contribution in [0.2, 0.25) is 0 Å². The van der Waals surface area contributed by atoms with Gasteiger partial charge < -0.3 is 19.5 Å². The van der Waals surface area contributed by atoms with E-state index in [9.17, 15) is 0 Å². The van der Waals surface area contributed by atoms with Gasteiger partial charge >= 0.3 is 0 Å². The molecule has 3 aromatic rings. The summed E-state index contributed by atoms with van der Waals surface area (Å²) in [5.74, 6) is 1.98. The molecular formula is C27H38N4O. The number of fused-ring (bicyclic) bond motifs is 1. The molecule has 0 atom stereocenters. The number of likely N-dealkylation sites (tertiary alicyclic amines) is 1. The van der Waals surface area contributed by atoms with Crippen molar-refractivity contribution >= 4 is 17.0 Å². The zero-order valence-corrected chi connectivity index (χ0v) is 19.7. The van der Waals surface area contributed by atoms with Crippen LogP contribution >= 0.6 is 0 Å². The van der Waals surface area contributed by atoms with Crippen molar-refractivity contribution in [3.05, 3.63) is 54.1 Å². The molecule has 1 fully saturated rings. The predicted molar refractivity (Wildman–Crippen MR) is 134 cm³/mol. The highest BCUT2D eigenvalue weighted by molar-refractivity contribution is 5.78. The number of unbranched alkanes of at least 4 members (excludes halogenated alkanes) is 3. The molecule has 5 nitrogen and oxygen atoms in total. The Balaban J connectivity index is 1.30. The molecule has 1 aromatic heterocycles. The molecule has 0 radical (unpaired) electrons. The lowest BCUT2D eigenvalue weighted by molar-refractivity contribution is 0.221. The van der Waals surface area contributed by atoms with Crippen LogP contribution in [0.4, 0.5) is 5.95 Å². The Bertz CT molecular complexity index is 957. The molecule has 0 spiro atoms. The molecule has 4 rings (SSSR count). The first-order valence-electron chi connectivity index (χ1n) is 12.3. The van der Waals surface area contributed by atoms with Crippen LogP contribution in [0.1, 0.15) is 51.0 Å². The molecule has 0 aliphatic carbocycles. The number of nitrogens with zero attached hydrogens (tertiary/aromatic N) is 3. The number of aryl methyl sites for hydroxylation is 1. The van der Waals surface area contributed by atoms with Crippen molar-refractivity contribution in [3.63, 3.8) is 0 Å². The van der Waals surface area contributed by atoms with Gasteiger partial charge in [-0.25, -0.2) is 4.98 Å². The van der Waals surface area contributed by atoms with Gasteiger partial charge in [0.05, 0.1) is 18.1 Å². The third-order valence-corrected chi connectivity index (χ3v) is 6.69. The number of imidazole rings is 1. The van der Waals surface area contributed by atoms with Crippen molar-refractivity contribution in [2.24, 2.45) is 0 Å². The van der Waals surface area contributed by atoms with Gasteiger partial charge in [0.15, 0.2) is 0 Å². The summed E-state index contributed by atoms with van der Waals surface area (Å²) in [7, 11) is 1.72. The predicted octanol–water partition coefficient (Wildman–Crippen LogP) is 5.74. The summed E-state index contributed by atoms with van der Waals surface area (Å²) in [4.78, 5) is 7.54. The number of hydrogen-bond donors (Lipinski definition) is 1. The minimum atomic E-state index is 0.499. The number of nitrogens with one attached hydrogen (secondary N) is 1. The molecule has 32 heavy (non-hydrogen) atoms. The standard InChI is InChI=1S/C27H38N4O/c1-3-4-5-8-18-31-26-10-7-6-9-25(26)29-27(31)28-23-16-20-30(21-17-23)19-15-22-11-13-24(32-2)14-12-22/h6-7,9-14,23H,3-5,8,15-21H2,1-2H3,(H,28,29). The third kappa shape index (κ3) is 5.83. The second kappa shape index (κ2) is 11.4. The van der Waals surface area contributed by atoms with Crippen molar-refractivity contribution in [1.29, 1.82) is 0 Å². The summed E-state index contributed by atoms with van der Waals surface area (Å²) < 4.78 is 7.66. The summed E-state index contributed by atoms with van der Waals surface area (Å²) in [6, 6.07) is 17.5. The Morgan fingerprint density at radius 2 is 1.75 bits per heavy atom. The average molecular weight is 435 g/mol. The number of anilines is 1. The molecule has 1 aliphatic rings. The Hall–Kier alpha value is -2.53. The minimum Gasteiger partial charge on any atom is -0.497 e. The first-order valence-corrected chi connectivity index (χ1v) is 12.3. The van der Waals surface area contributed by atoms with Gasteiger partial charge in [0.25, 0.3) is 0 Å². The van der Waals surface area contributed by atoms with E-state index in [0.29, 0.717) is 6.04 Å². The highest BCUT2D eigenvalue weighted by atomic mass is 16.5. The lowest BCUT2D eigenvalue weighted by atomic mass is 10.0. The number of para-hydroxylation sites is 2. The first kappa shape index (κ1) is 22.7. The number of aromatic nitrogens is 2. The lowest BCUT2D eigenvalue weighted by Crippen LogP contribution is -2.40. The summed E-state index contributed by atoms with van der Waals surface area (Å²) >= 11 is 0. The zero-order valence-electron chi connectivity index (χ0n) is 19.7. The number of piperidine rings is 1. The lowest BCUT2D eigenvalue weighted by Gasteiger charge is -2.32. The van der Waals surface area contributed by atoms with Crippen LogP contribution in [-0.4, -0.2) is 47.2 Å². The fourth-order valence-corrected chi connectivity index (χ4v) is 4.67. The zero-order chi connectivity index (χ0) is 22.2. The normalized spacial score (nSPS) is 15.3. The van der Waals surface area contributed by atoms with E-state index in [1.165, 1.54) is 49.6 Å². The molecule has 2 heterocycles. The highest BCUT2D eigenvalue weighted by Crippen LogP contribution is 2.23. The van der Waals surface area contributed by atoms with Gasteiger partial charge in [0.2, 0.25) is 5.95 Å². The second-order valence-corrected chi connectivity index (χ2v) is 8.99. The van der Waals surface area contributed by atoms with Crippen molar-refractivity contribution < 1.29 is 4.74 Å². The summed E-state index contributed by atoms with van der Waals surface area (Å²) in [6.45, 7) is 6.72. The number of methoxy groups -OCH3 is 1. The van der Waals surface area contributed by atoms with Crippen LogP contribution in [0.15, 0.2) is 48.5 Å². The maximum atomic E-state index is 5.26. The number of ether oxygens (including phenoxy) is 1. The van der Waals surface area contributed by atoms with Gasteiger partial charge in [-0.05, 0) is 55.5 Å². The second-order valence-electron chi connectivity index (χ2n) is 8.99. The minimum absolute atomic E-state index is 0.499. The van der Waals surface area contributed by atoms with Crippen molar-refractivity contribution in [2.45, 2.75) is 64.5 Å². The quantitative estimate of drug-likeness (QED) is 0.391. The Labute approximate surface area is 192 Å². The molecule has 0 saturated carbocycles. The summed E-state index contributed by atoms with van der Waals surface area (Å²) in [6.07, 6.45) is 8.51. The molecular weight excluding hydrogens is 396 g/mol. The van der Waals surface area contributed by atoms with Gasteiger partial charge in [-0.2, -0.15) is 0 Å². The number of rotatable bonds is 11. The van der Waals surface area contributed by atoms with E-state index < -0.39 is 0 Å². The highest BCUT2D eigenvalue weighted by Gasteiger charge is 2.21. The SMILES string of the molecule is CCCCCCn1c(NC2CCN(CCc3ccc(OC)cc3)CC2)nc2ccccc21. The van der Waals surface area contributed by atoms with Crippen molar-refractivity contribution in [3.8, 4) is 5.75 Å². The third-order valence-electron chi connectivity index (χ3n) is 6.69. The van der Waals surface area contributed by atoms with Crippen LogP contribution in [0.3, 0.4) is 0 Å². The maximum Gasteiger partial charge on any atom is 0.204 e. The molecule has 5 heteroatoms. The molecule has 1 aliphatic heterocycles. The number of benzene rings is 2. The van der Waals surface area contributed by atoms with Gasteiger partial charge in [-0.15, -0.1) is 0 Å². The first-order chi connectivity index (χ1) is 15.8. The molecule has 1 N–H and O–H groups in total. The average Bonchev–Trinajstić information content (AvgIpc) is 3.18. The van der Waals surface area contributed by atoms with E-state index in [1.807, 2.05) is 0 Å². The topological polar surface area (TPSA) is 42.3 Å². The fourth-order valence-electron chi connectivity index (χ4n) is 4.67. The van der Waals surface area contributed by atoms with E-state index >= 15 is 0 Å². The summed E-state index contributed by atoms with van der Waals surface area (Å²) in [5, 5.41) is 3.80. The molecule has 172 valence electrons. The van der Waals surface area contributed by atoms with E-state index in [1.54, 1.807) is 7.11 Å². The van der Waals surface area contributed by atoms with Crippen molar-refractivity contribution in [1.82, 2.24) is 14.5 Å². The smallest absolute Gasteiger partial charge is 0.204 e. The molecule has 2 aromatic carbocycles. The Morgan fingerprint density at radius 1 is 0.969 bits per heavy atom. The van der Waals surface area contributed by atoms with E-state index in [-0.39, 0.29) is 0 Å². The van der Waals surface area contributed by atoms with Crippen LogP contribution in [0.5, 0.6) is 5.75 Å². The van der Waals surface area contributed by atoms with Crippen LogP contribution in [0, 0.1) is 0 Å². The number of hydrogen-bond acceptors (Lipinski definition) is 4. The largest absolute Gasteiger partial charge is 0.497 e. The summed E-state index contributed by atoms with van der Waals surface area (Å²) in [5.41, 5.74) is 3.73. The van der Waals surface area contributed by atoms with E-state index in [2.05, 4.69) is 70.2 Å².